The second kappa shape index (κ2) is 10.0. The van der Waals surface area contributed by atoms with Crippen molar-refractivity contribution in [3.8, 4) is 5.75 Å². The van der Waals surface area contributed by atoms with E-state index in [1.807, 2.05) is 0 Å². The summed E-state index contributed by atoms with van der Waals surface area (Å²) in [6, 6.07) is 8.53. The van der Waals surface area contributed by atoms with Crippen LogP contribution in [-0.2, 0) is 23.4 Å². The van der Waals surface area contributed by atoms with Gasteiger partial charge in [0.2, 0.25) is 0 Å². The molecule has 198 valence electrons. The number of ether oxygens (including phenoxy) is 2. The summed E-state index contributed by atoms with van der Waals surface area (Å²) in [7, 11) is 1.96. The molecule has 12 nitrogen and oxygen atoms in total. The Morgan fingerprint density at radius 1 is 1.30 bits per heavy atom. The largest absolute Gasteiger partial charge is 0.464 e. The molecule has 3 N–H and O–H groups in total. The van der Waals surface area contributed by atoms with Crippen LogP contribution in [0.15, 0.2) is 52.2 Å². The summed E-state index contributed by atoms with van der Waals surface area (Å²) in [5.74, 6) is -0.588. The van der Waals surface area contributed by atoms with Crippen LogP contribution in [-0.4, -0.2) is 63.7 Å². The number of fused-ring (bicyclic) bond motifs is 1. The minimum absolute atomic E-state index is 0.134. The molecular formula is C22H26BClN3O9P. The molecule has 1 aromatic carbocycles. The monoisotopic (exact) mass is 553 g/mol. The van der Waals surface area contributed by atoms with Crippen LogP contribution in [0.4, 0.5) is 0 Å². The molecule has 1 unspecified atom stereocenters. The van der Waals surface area contributed by atoms with Crippen LogP contribution < -0.4 is 20.9 Å². The highest BCUT2D eigenvalue weighted by molar-refractivity contribution is 7.52. The van der Waals surface area contributed by atoms with Crippen molar-refractivity contribution in [2.75, 3.05) is 6.61 Å². The van der Waals surface area contributed by atoms with Gasteiger partial charge < -0.3 is 19.1 Å². The predicted octanol–water partition coefficient (Wildman–Crippen LogP) is 1.03. The number of nitrogens with one attached hydrogen (secondary N) is 2. The molecule has 4 rings (SSSR count). The van der Waals surface area contributed by atoms with Crippen LogP contribution in [0.3, 0.4) is 0 Å². The van der Waals surface area contributed by atoms with Crippen molar-refractivity contribution in [3.63, 3.8) is 0 Å². The highest BCUT2D eigenvalue weighted by Gasteiger charge is 2.83. The van der Waals surface area contributed by atoms with Gasteiger partial charge in [0.05, 0.1) is 10.7 Å². The van der Waals surface area contributed by atoms with Crippen LogP contribution in [0.1, 0.15) is 27.0 Å². The lowest BCUT2D eigenvalue weighted by Gasteiger charge is -2.33. The number of alkyl halides is 1. The van der Waals surface area contributed by atoms with E-state index in [9.17, 15) is 24.1 Å². The Bertz CT molecular complexity index is 1320. The number of nitrogens with zero attached hydrogens (tertiary/aromatic N) is 1. The molecule has 1 aromatic heterocycles. The molecule has 1 saturated heterocycles. The number of hydrogen-bond donors (Lipinski definition) is 3. The fourth-order valence-electron chi connectivity index (χ4n) is 3.91. The summed E-state index contributed by atoms with van der Waals surface area (Å²) < 4.78 is 34.9. The van der Waals surface area contributed by atoms with Gasteiger partial charge in [-0.2, -0.15) is 0 Å². The van der Waals surface area contributed by atoms with Crippen molar-refractivity contribution >= 4 is 33.2 Å². The number of rotatable bonds is 10. The number of aromatic nitrogens is 2. The Morgan fingerprint density at radius 3 is 2.54 bits per heavy atom. The normalized spacial score (nSPS) is 30.8. The van der Waals surface area contributed by atoms with Gasteiger partial charge in [0.25, 0.3) is 5.56 Å². The second-order valence-electron chi connectivity index (χ2n) is 9.26. The van der Waals surface area contributed by atoms with Crippen molar-refractivity contribution < 1.29 is 33.0 Å². The van der Waals surface area contributed by atoms with E-state index in [4.69, 9.17) is 38.0 Å². The van der Waals surface area contributed by atoms with Gasteiger partial charge in [-0.05, 0) is 19.1 Å². The average molecular weight is 554 g/mol. The van der Waals surface area contributed by atoms with Crippen LogP contribution in [0.5, 0.6) is 5.75 Å². The van der Waals surface area contributed by atoms with Gasteiger partial charge in [-0.1, -0.05) is 32.0 Å². The van der Waals surface area contributed by atoms with Gasteiger partial charge in [0, 0.05) is 18.3 Å². The first kappa shape index (κ1) is 27.6. The minimum atomic E-state index is -4.25. The zero-order valence-electron chi connectivity index (χ0n) is 20.2. The average Bonchev–Trinajstić information content (AvgIpc) is 3.30. The molecule has 1 aliphatic heterocycles. The van der Waals surface area contributed by atoms with E-state index in [-0.39, 0.29) is 18.3 Å². The lowest BCUT2D eigenvalue weighted by Crippen LogP contribution is -2.50. The number of carbonyl (C=O) groups excluding carboxylic acids is 1. The molecule has 2 radical (unpaired) electrons. The fraction of sp³-hybridized carbons (Fsp3) is 0.500. The molecule has 15 heteroatoms. The molecule has 0 amide bonds. The lowest BCUT2D eigenvalue weighted by molar-refractivity contribution is -0.147. The van der Waals surface area contributed by atoms with E-state index in [2.05, 4.69) is 10.1 Å². The third-order valence-corrected chi connectivity index (χ3v) is 8.13. The standard InChI is InChI=1S/C22H26BClN3O9P/c1-12(2)18(29)33-11-13(3)26-37(32,35-14-7-5-4-6-8-14)36-17-16-21(17,31)22(23,24)19(34-16)27-10-9-15(28)25-20(27)30/h4-10,12-13,16-17,19,31H,11H2,1-3H3,(H,26,32)(H,25,28,30)/t13-,16+,17?,19+,21-,22+,37+/m0/s1. The molecule has 2 fully saturated rings. The first-order valence-electron chi connectivity index (χ1n) is 11.4. The molecule has 2 aliphatic rings. The van der Waals surface area contributed by atoms with E-state index in [1.54, 1.807) is 51.1 Å². The third kappa shape index (κ3) is 5.29. The number of hydrogen-bond acceptors (Lipinski definition) is 9. The molecule has 2 heterocycles. The number of H-pyrrole nitrogens is 1. The van der Waals surface area contributed by atoms with Gasteiger partial charge in [-0.15, -0.1) is 11.6 Å². The van der Waals surface area contributed by atoms with E-state index in [0.717, 1.165) is 16.8 Å². The van der Waals surface area contributed by atoms with E-state index in [1.165, 1.54) is 0 Å². The van der Waals surface area contributed by atoms with E-state index < -0.39 is 59.8 Å². The molecule has 0 bridgehead atoms. The first-order valence-corrected chi connectivity index (χ1v) is 13.3. The van der Waals surface area contributed by atoms with Crippen LogP contribution in [0.25, 0.3) is 0 Å². The van der Waals surface area contributed by atoms with Crippen molar-refractivity contribution in [2.45, 2.75) is 55.6 Å². The Hall–Kier alpha value is -2.41. The summed E-state index contributed by atoms with van der Waals surface area (Å²) in [6.07, 6.45) is -2.73. The zero-order chi connectivity index (χ0) is 27.2. The molecule has 1 saturated carbocycles. The number of carbonyl (C=O) groups is 1. The van der Waals surface area contributed by atoms with Crippen LogP contribution in [0, 0.1) is 5.92 Å². The van der Waals surface area contributed by atoms with Crippen LogP contribution in [0.2, 0.25) is 0 Å². The molecule has 2 aromatic rings. The minimum Gasteiger partial charge on any atom is -0.464 e. The maximum atomic E-state index is 13.8. The van der Waals surface area contributed by atoms with Gasteiger partial charge in [-0.25, -0.2) is 14.4 Å². The Labute approximate surface area is 218 Å². The third-order valence-electron chi connectivity index (χ3n) is 5.93. The van der Waals surface area contributed by atoms with Crippen LogP contribution >= 0.6 is 19.3 Å². The molecule has 7 atom stereocenters. The Kier molecular flexibility index (Phi) is 7.50. The van der Waals surface area contributed by atoms with Crippen molar-refractivity contribution in [1.29, 1.82) is 0 Å². The quantitative estimate of drug-likeness (QED) is 0.168. The number of para-hydroxylation sites is 1. The number of halogens is 1. The SMILES string of the molecule is [B][C@@]1(Cl)[C@H](n2ccc(=O)[nH]c2=O)O[C@@H]2C(O[P@@](=O)(N[C@@H](C)COC(=O)C(C)C)Oc3ccccc3)[C@@]21O. The number of benzene rings is 1. The maximum Gasteiger partial charge on any atom is 0.459 e. The van der Waals surface area contributed by atoms with Gasteiger partial charge in [0.15, 0.2) is 6.23 Å². The molecule has 37 heavy (non-hydrogen) atoms. The second-order valence-corrected chi connectivity index (χ2v) is 11.5. The van der Waals surface area contributed by atoms with E-state index in [0.29, 0.717) is 0 Å². The Morgan fingerprint density at radius 2 is 1.97 bits per heavy atom. The zero-order valence-corrected chi connectivity index (χ0v) is 21.8. The molecular weight excluding hydrogens is 527 g/mol. The van der Waals surface area contributed by atoms with Crippen molar-refractivity contribution in [1.82, 2.24) is 14.6 Å². The van der Waals surface area contributed by atoms with Gasteiger partial charge >= 0.3 is 19.4 Å². The lowest BCUT2D eigenvalue weighted by atomic mass is 9.78. The fourth-order valence-corrected chi connectivity index (χ4v) is 6.02. The topological polar surface area (TPSA) is 158 Å². The van der Waals surface area contributed by atoms with Gasteiger partial charge in [-0.3, -0.25) is 23.7 Å². The first-order chi connectivity index (χ1) is 17.3. The smallest absolute Gasteiger partial charge is 0.459 e. The predicted molar refractivity (Wildman–Crippen MR) is 132 cm³/mol. The summed E-state index contributed by atoms with van der Waals surface area (Å²) in [5.41, 5.74) is -3.56. The van der Waals surface area contributed by atoms with Crippen molar-refractivity contribution in [2.24, 2.45) is 5.92 Å². The summed E-state index contributed by atoms with van der Waals surface area (Å²) >= 11 is 6.48. The Balaban J connectivity index is 1.53. The highest BCUT2D eigenvalue weighted by Crippen LogP contribution is 2.65. The summed E-state index contributed by atoms with van der Waals surface area (Å²) in [6.45, 7) is 4.83. The number of aromatic amines is 1. The maximum absolute atomic E-state index is 13.8. The summed E-state index contributed by atoms with van der Waals surface area (Å²) in [4.78, 5) is 37.5. The molecule has 0 spiro atoms. The van der Waals surface area contributed by atoms with E-state index >= 15 is 0 Å². The number of esters is 1. The highest BCUT2D eigenvalue weighted by atomic mass is 35.5. The summed E-state index contributed by atoms with van der Waals surface area (Å²) in [5, 5.41) is 14.0. The number of aliphatic hydroxyl groups is 1. The van der Waals surface area contributed by atoms with Crippen molar-refractivity contribution in [3.05, 3.63) is 63.4 Å². The van der Waals surface area contributed by atoms with Gasteiger partial charge in [0.1, 0.15) is 38.0 Å². The molecule has 1 aliphatic carbocycles.